The molecular formula is C126H86N9O3P3. The standard InChI is InChI=1S/C44H30N3OP.C42H28N3OP.C40H28N3OP/c1-2-39-46-36-24-12-26-38-44(36)47(39)43-35(23-11-25-37(43)49(38,48)29-16-4-3-5-17-29)41-32-20-8-6-18-30(32)40(31-19-7-9-21-33(31)41)34-22-10-14-28-15-13-27-45-42(28)34;1-2-38-44-35-19-11-21-37-42(35)45(38)41-34(18-10-20-36(41)47(37,46)29-12-4-3-5-13-29)40-32-16-8-6-14-30(32)39(31-15-7-9-17-33(31)40)28-24-22-27(26-43)23-25-28;1-2-36-42-33-21-11-23-35-40(33)43(36)39-32(20-10-22-34(39)45(35,44)27-14-4-3-5-15-27)38-30-18-8-6-16-28(30)37(26-13-12-24-41-25-26)29-17-7-9-19-31(29)38/h3-27H,2H2,1H3;3-25H,2H2,1H3;3-25H,2H2,1H3. The Balaban J connectivity index is 0.000000109. The molecule has 141 heavy (non-hydrogen) atoms. The highest BCUT2D eigenvalue weighted by molar-refractivity contribution is 7.87. The van der Waals surface area contributed by atoms with Gasteiger partial charge in [0.2, 0.25) is 0 Å². The van der Waals surface area contributed by atoms with Crippen molar-refractivity contribution < 1.29 is 13.7 Å². The van der Waals surface area contributed by atoms with Crippen LogP contribution in [0.5, 0.6) is 0 Å². The van der Waals surface area contributed by atoms with Crippen molar-refractivity contribution in [2.75, 3.05) is 0 Å². The van der Waals surface area contributed by atoms with Gasteiger partial charge in [-0.3, -0.25) is 23.7 Å². The van der Waals surface area contributed by atoms with E-state index in [0.717, 1.165) is 266 Å². The lowest BCUT2D eigenvalue weighted by atomic mass is 9.85. The van der Waals surface area contributed by atoms with E-state index in [4.69, 9.17) is 19.9 Å². The minimum Gasteiger partial charge on any atom is -0.308 e. The number of fused-ring (bicyclic) bond motifs is 13. The second-order valence-corrected chi connectivity index (χ2v) is 44.4. The van der Waals surface area contributed by atoms with E-state index in [2.05, 4.69) is 282 Å². The lowest BCUT2D eigenvalue weighted by molar-refractivity contribution is 0.591. The molecule has 25 aromatic rings. The zero-order chi connectivity index (χ0) is 94.5. The number of hydrogen-bond acceptors (Lipinski definition) is 9. The first-order valence-corrected chi connectivity index (χ1v) is 53.1. The van der Waals surface area contributed by atoms with Crippen LogP contribution in [0.25, 0.3) is 192 Å². The SMILES string of the molecule is CCc1nc2cccc3c2n1-c1c(-c2c4ccccc4c(-c4ccc(C#N)cc4)c4ccccc24)cccc1P3(=O)c1ccccc1.CCc1nc2cccc3c2n1-c1c(-c2c4ccccc4c(-c4cccc5cccnc45)c4ccccc24)cccc1P3(=O)c1ccccc1.CCc1nc2cccc3c2n1-c1c(-c2c4ccccc4c(-c4cccnc4)c4ccccc24)cccc1P3(=O)c1ccccc1. The van der Waals surface area contributed by atoms with Crippen LogP contribution in [0.4, 0.5) is 0 Å². The van der Waals surface area contributed by atoms with Gasteiger partial charge >= 0.3 is 0 Å². The second kappa shape index (κ2) is 33.5. The summed E-state index contributed by atoms with van der Waals surface area (Å²) in [6.07, 6.45) is 7.86. The Morgan fingerprint density at radius 3 is 0.872 bits per heavy atom. The van der Waals surface area contributed by atoms with E-state index in [-0.39, 0.29) is 0 Å². The summed E-state index contributed by atoms with van der Waals surface area (Å²) >= 11 is 0. The summed E-state index contributed by atoms with van der Waals surface area (Å²) < 4.78 is 54.6. The smallest absolute Gasteiger partial charge is 0.175 e. The molecule has 20 aromatic carbocycles. The van der Waals surface area contributed by atoms with E-state index >= 15 is 13.7 Å². The zero-order valence-electron chi connectivity index (χ0n) is 77.2. The number of aromatic nitrogens is 8. The Morgan fingerprint density at radius 1 is 0.262 bits per heavy atom. The maximum Gasteiger partial charge on any atom is 0.175 e. The summed E-state index contributed by atoms with van der Waals surface area (Å²) in [5.41, 5.74) is 23.1. The third kappa shape index (κ3) is 12.6. The van der Waals surface area contributed by atoms with Gasteiger partial charge in [-0.2, -0.15) is 5.26 Å². The summed E-state index contributed by atoms with van der Waals surface area (Å²) in [4.78, 5) is 24.7. The molecule has 3 unspecified atom stereocenters. The molecule has 0 saturated heterocycles. The normalized spacial score (nSPS) is 15.3. The molecule has 3 aliphatic rings. The summed E-state index contributed by atoms with van der Waals surface area (Å²) in [6.45, 7) is 6.43. The molecule has 3 atom stereocenters. The highest BCUT2D eigenvalue weighted by Gasteiger charge is 2.46. The number of benzene rings is 20. The molecule has 0 aliphatic carbocycles. The predicted octanol–water partition coefficient (Wildman–Crippen LogP) is 27.4. The molecule has 0 N–H and O–H groups in total. The number of aryl methyl sites for hydroxylation is 3. The van der Waals surface area contributed by atoms with Crippen LogP contribution in [0.15, 0.2) is 431 Å². The van der Waals surface area contributed by atoms with Crippen LogP contribution in [0.2, 0.25) is 0 Å². The first kappa shape index (κ1) is 84.6. The first-order valence-electron chi connectivity index (χ1n) is 48.0. The number of imidazole rings is 3. The molecule has 0 spiro atoms. The Morgan fingerprint density at radius 2 is 0.546 bits per heavy atom. The second-order valence-electron chi connectivity index (χ2n) is 36.3. The van der Waals surface area contributed by atoms with Crippen LogP contribution in [-0.2, 0) is 33.0 Å². The highest BCUT2D eigenvalue weighted by Crippen LogP contribution is 2.59. The van der Waals surface area contributed by atoms with Gasteiger partial charge < -0.3 is 13.7 Å². The van der Waals surface area contributed by atoms with Gasteiger partial charge in [0.15, 0.2) is 21.4 Å². The third-order valence-electron chi connectivity index (χ3n) is 29.0. The molecular weight excluding hydrogens is 1780 g/mol. The fourth-order valence-electron chi connectivity index (χ4n) is 23.2. The summed E-state index contributed by atoms with van der Waals surface area (Å²) in [7, 11) is -9.82. The van der Waals surface area contributed by atoms with Crippen molar-refractivity contribution in [2.45, 2.75) is 40.0 Å². The van der Waals surface area contributed by atoms with Crippen LogP contribution in [-0.4, -0.2) is 38.6 Å². The molecule has 0 bridgehead atoms. The molecule has 668 valence electrons. The topological polar surface area (TPSA) is 154 Å². The number of para-hydroxylation sites is 7. The fourth-order valence-corrected chi connectivity index (χ4v) is 32.3. The van der Waals surface area contributed by atoms with Crippen molar-refractivity contribution >= 4 is 178 Å². The fraction of sp³-hybridized carbons (Fsp3) is 0.0476. The third-order valence-corrected chi connectivity index (χ3v) is 38.3. The Labute approximate surface area is 813 Å². The minimum absolute atomic E-state index is 0.636. The van der Waals surface area contributed by atoms with Gasteiger partial charge in [-0.15, -0.1) is 0 Å². The summed E-state index contributed by atoms with van der Waals surface area (Å²) in [5, 5.41) is 31.8. The first-order chi connectivity index (χ1) is 69.5. The molecule has 0 radical (unpaired) electrons. The zero-order valence-corrected chi connectivity index (χ0v) is 79.9. The number of nitrogens with zero attached hydrogens (tertiary/aromatic N) is 9. The number of nitriles is 1. The molecule has 15 heteroatoms. The molecule has 28 rings (SSSR count). The Hall–Kier alpha value is -16.9. The van der Waals surface area contributed by atoms with Crippen molar-refractivity contribution in [1.82, 2.24) is 38.6 Å². The molecule has 12 nitrogen and oxygen atoms in total. The van der Waals surface area contributed by atoms with Crippen LogP contribution in [0, 0.1) is 11.3 Å². The van der Waals surface area contributed by atoms with E-state index in [0.29, 0.717) is 5.56 Å². The maximum atomic E-state index is 16.0. The minimum atomic E-state index is -3.28. The van der Waals surface area contributed by atoms with Crippen molar-refractivity contribution in [3.8, 4) is 89.9 Å². The maximum absolute atomic E-state index is 16.0. The van der Waals surface area contributed by atoms with Gasteiger partial charge in [-0.1, -0.05) is 354 Å². The van der Waals surface area contributed by atoms with Gasteiger partial charge in [0, 0.05) is 119 Å². The van der Waals surface area contributed by atoms with Gasteiger partial charge in [-0.25, -0.2) is 15.0 Å². The lowest BCUT2D eigenvalue weighted by Crippen LogP contribution is -2.33. The largest absolute Gasteiger partial charge is 0.308 e. The molecule has 3 aliphatic heterocycles. The number of pyridine rings is 2. The Bertz CT molecular complexity index is 9600. The van der Waals surface area contributed by atoms with Crippen molar-refractivity contribution in [3.05, 3.63) is 454 Å². The molecule has 8 heterocycles. The van der Waals surface area contributed by atoms with Crippen LogP contribution >= 0.6 is 21.4 Å². The van der Waals surface area contributed by atoms with Gasteiger partial charge in [-0.05, 0) is 182 Å². The molecule has 0 saturated carbocycles. The summed E-state index contributed by atoms with van der Waals surface area (Å²) in [5.74, 6) is 2.87. The monoisotopic (exact) mass is 1870 g/mol. The predicted molar refractivity (Wildman–Crippen MR) is 586 cm³/mol. The number of hydrogen-bond donors (Lipinski definition) is 0. The van der Waals surface area contributed by atoms with Gasteiger partial charge in [0.1, 0.15) is 17.5 Å². The van der Waals surface area contributed by atoms with E-state index in [1.54, 1.807) is 0 Å². The van der Waals surface area contributed by atoms with Crippen LogP contribution < -0.4 is 47.7 Å². The average molecular weight is 1870 g/mol. The van der Waals surface area contributed by atoms with Crippen LogP contribution in [0.3, 0.4) is 0 Å². The average Bonchev–Trinajstić information content (AvgIpc) is 1.64. The van der Waals surface area contributed by atoms with E-state index in [1.165, 1.54) is 11.1 Å². The van der Waals surface area contributed by atoms with Gasteiger partial charge in [0.25, 0.3) is 0 Å². The Kier molecular flexibility index (Phi) is 20.1. The molecule has 5 aromatic heterocycles. The van der Waals surface area contributed by atoms with E-state index < -0.39 is 21.4 Å². The van der Waals surface area contributed by atoms with E-state index in [9.17, 15) is 5.26 Å². The van der Waals surface area contributed by atoms with E-state index in [1.807, 2.05) is 195 Å². The van der Waals surface area contributed by atoms with Crippen molar-refractivity contribution in [3.63, 3.8) is 0 Å². The molecule has 0 fully saturated rings. The van der Waals surface area contributed by atoms with Crippen molar-refractivity contribution in [2.24, 2.45) is 0 Å². The highest BCUT2D eigenvalue weighted by atomic mass is 31.2. The number of rotatable bonds is 12. The van der Waals surface area contributed by atoms with Crippen molar-refractivity contribution in [1.29, 1.82) is 5.26 Å². The quantitative estimate of drug-likeness (QED) is 0.0859. The van der Waals surface area contributed by atoms with Gasteiger partial charge in [0.05, 0.1) is 67.3 Å². The van der Waals surface area contributed by atoms with Crippen LogP contribution in [0.1, 0.15) is 43.8 Å². The summed E-state index contributed by atoms with van der Waals surface area (Å²) in [6, 6.07) is 144. The lowest BCUT2D eigenvalue weighted by Gasteiger charge is -2.31. The molecule has 0 amide bonds.